The molecule has 0 aromatic heterocycles. The molecular formula is C12H21N3O. The highest BCUT2D eigenvalue weighted by Crippen LogP contribution is 2.11. The lowest BCUT2D eigenvalue weighted by molar-refractivity contribution is -0.123. The summed E-state index contributed by atoms with van der Waals surface area (Å²) in [6.45, 7) is 6.66. The van der Waals surface area contributed by atoms with Gasteiger partial charge in [-0.1, -0.05) is 6.42 Å². The van der Waals surface area contributed by atoms with Crippen molar-refractivity contribution in [2.75, 3.05) is 19.6 Å². The van der Waals surface area contributed by atoms with Crippen LogP contribution in [-0.4, -0.2) is 36.5 Å². The zero-order valence-corrected chi connectivity index (χ0v) is 10.2. The molecule has 0 aromatic rings. The molecule has 90 valence electrons. The Hall–Kier alpha value is -1.08. The van der Waals surface area contributed by atoms with Crippen molar-refractivity contribution in [3.05, 3.63) is 0 Å². The zero-order chi connectivity index (χ0) is 12.0. The highest BCUT2D eigenvalue weighted by molar-refractivity contribution is 5.80. The normalized spacial score (nSPS) is 20.8. The summed E-state index contributed by atoms with van der Waals surface area (Å²) in [6, 6.07) is 2.31. The number of likely N-dealkylation sites (tertiary alicyclic amines) is 1. The van der Waals surface area contributed by atoms with Gasteiger partial charge < -0.3 is 5.32 Å². The minimum atomic E-state index is -0.548. The maximum atomic E-state index is 11.4. The average molecular weight is 223 g/mol. The summed E-state index contributed by atoms with van der Waals surface area (Å²) in [5, 5.41) is 11.4. The van der Waals surface area contributed by atoms with Crippen LogP contribution < -0.4 is 5.32 Å². The second-order valence-corrected chi connectivity index (χ2v) is 4.54. The first kappa shape index (κ1) is 13.0. The number of piperidine rings is 1. The van der Waals surface area contributed by atoms with Gasteiger partial charge in [-0.3, -0.25) is 9.69 Å². The summed E-state index contributed by atoms with van der Waals surface area (Å²) >= 11 is 0. The Labute approximate surface area is 97.6 Å². The van der Waals surface area contributed by atoms with E-state index < -0.39 is 5.92 Å². The van der Waals surface area contributed by atoms with Crippen LogP contribution in [0.2, 0.25) is 0 Å². The number of nitrogens with zero attached hydrogens (tertiary/aromatic N) is 2. The van der Waals surface area contributed by atoms with Crippen LogP contribution in [0.4, 0.5) is 0 Å². The summed E-state index contributed by atoms with van der Waals surface area (Å²) in [5.74, 6) is -0.708. The van der Waals surface area contributed by atoms with Crippen molar-refractivity contribution in [3.63, 3.8) is 0 Å². The van der Waals surface area contributed by atoms with Gasteiger partial charge in [0, 0.05) is 12.6 Å². The van der Waals surface area contributed by atoms with Crippen LogP contribution in [0.5, 0.6) is 0 Å². The van der Waals surface area contributed by atoms with Crippen LogP contribution in [0.15, 0.2) is 0 Å². The van der Waals surface area contributed by atoms with Gasteiger partial charge in [-0.2, -0.15) is 5.26 Å². The Morgan fingerprint density at radius 1 is 1.38 bits per heavy atom. The van der Waals surface area contributed by atoms with Crippen molar-refractivity contribution in [1.82, 2.24) is 10.2 Å². The number of amides is 1. The van der Waals surface area contributed by atoms with E-state index in [9.17, 15) is 4.79 Å². The Balaban J connectivity index is 2.26. The van der Waals surface area contributed by atoms with Gasteiger partial charge in [0.05, 0.1) is 6.07 Å². The first-order valence-electron chi connectivity index (χ1n) is 6.06. The number of hydrogen-bond acceptors (Lipinski definition) is 3. The van der Waals surface area contributed by atoms with Gasteiger partial charge in [-0.25, -0.2) is 0 Å². The highest BCUT2D eigenvalue weighted by atomic mass is 16.1. The molecule has 0 radical (unpaired) electrons. The minimum Gasteiger partial charge on any atom is -0.353 e. The van der Waals surface area contributed by atoms with E-state index in [4.69, 9.17) is 5.26 Å². The maximum absolute atomic E-state index is 11.4. The smallest absolute Gasteiger partial charge is 0.237 e. The van der Waals surface area contributed by atoms with E-state index in [0.717, 1.165) is 13.1 Å². The predicted octanol–water partition coefficient (Wildman–Crippen LogP) is 1.14. The van der Waals surface area contributed by atoms with E-state index in [-0.39, 0.29) is 5.91 Å². The third-order valence-electron chi connectivity index (χ3n) is 3.17. The molecule has 1 amide bonds. The second kappa shape index (κ2) is 6.49. The molecule has 0 saturated carbocycles. The molecular weight excluding hydrogens is 202 g/mol. The molecule has 1 N–H and O–H groups in total. The standard InChI is InChI=1S/C12H21N3O/c1-10(8-13)12(16)14-9-11(2)15-6-4-3-5-7-15/h10-11H,3-7,9H2,1-2H3,(H,14,16). The Morgan fingerprint density at radius 3 is 2.56 bits per heavy atom. The molecule has 2 unspecified atom stereocenters. The van der Waals surface area contributed by atoms with Crippen LogP contribution >= 0.6 is 0 Å². The van der Waals surface area contributed by atoms with Gasteiger partial charge in [0.2, 0.25) is 5.91 Å². The molecule has 1 rings (SSSR count). The molecule has 2 atom stereocenters. The highest BCUT2D eigenvalue weighted by Gasteiger charge is 2.18. The topological polar surface area (TPSA) is 56.1 Å². The third-order valence-corrected chi connectivity index (χ3v) is 3.17. The number of nitrogens with one attached hydrogen (secondary N) is 1. The van der Waals surface area contributed by atoms with E-state index >= 15 is 0 Å². The van der Waals surface area contributed by atoms with E-state index in [1.54, 1.807) is 6.92 Å². The van der Waals surface area contributed by atoms with Gasteiger partial charge in [0.1, 0.15) is 5.92 Å². The molecule has 0 aromatic carbocycles. The van der Waals surface area contributed by atoms with Crippen molar-refractivity contribution >= 4 is 5.91 Å². The molecule has 1 aliphatic rings. The van der Waals surface area contributed by atoms with Gasteiger partial charge in [0.15, 0.2) is 0 Å². The number of hydrogen-bond donors (Lipinski definition) is 1. The molecule has 4 nitrogen and oxygen atoms in total. The lowest BCUT2D eigenvalue weighted by atomic mass is 10.1. The lowest BCUT2D eigenvalue weighted by Crippen LogP contribution is -2.45. The average Bonchev–Trinajstić information content (AvgIpc) is 2.35. The summed E-state index contributed by atoms with van der Waals surface area (Å²) in [6.07, 6.45) is 3.83. The Morgan fingerprint density at radius 2 is 2.00 bits per heavy atom. The summed E-state index contributed by atoms with van der Waals surface area (Å²) < 4.78 is 0. The molecule has 1 aliphatic heterocycles. The first-order valence-corrected chi connectivity index (χ1v) is 6.06. The Bertz CT molecular complexity index is 266. The van der Waals surface area contributed by atoms with Crippen molar-refractivity contribution in [2.24, 2.45) is 5.92 Å². The Kier molecular flexibility index (Phi) is 5.27. The lowest BCUT2D eigenvalue weighted by Gasteiger charge is -2.32. The maximum Gasteiger partial charge on any atom is 0.237 e. The second-order valence-electron chi connectivity index (χ2n) is 4.54. The number of carbonyl (C=O) groups is 1. The molecule has 1 saturated heterocycles. The minimum absolute atomic E-state index is 0.161. The zero-order valence-electron chi connectivity index (χ0n) is 10.2. The van der Waals surface area contributed by atoms with Crippen LogP contribution in [0.1, 0.15) is 33.1 Å². The molecule has 1 fully saturated rings. The summed E-state index contributed by atoms with van der Waals surface area (Å²) in [5.41, 5.74) is 0. The van der Waals surface area contributed by atoms with Crippen LogP contribution in [-0.2, 0) is 4.79 Å². The van der Waals surface area contributed by atoms with Crippen molar-refractivity contribution < 1.29 is 4.79 Å². The van der Waals surface area contributed by atoms with E-state index in [1.807, 2.05) is 6.07 Å². The molecule has 16 heavy (non-hydrogen) atoms. The van der Waals surface area contributed by atoms with Crippen molar-refractivity contribution in [2.45, 2.75) is 39.2 Å². The van der Waals surface area contributed by atoms with Crippen LogP contribution in [0.25, 0.3) is 0 Å². The quantitative estimate of drug-likeness (QED) is 0.777. The third kappa shape index (κ3) is 3.82. The van der Waals surface area contributed by atoms with Gasteiger partial charge in [-0.15, -0.1) is 0 Å². The van der Waals surface area contributed by atoms with Crippen molar-refractivity contribution in [1.29, 1.82) is 5.26 Å². The number of nitriles is 1. The summed E-state index contributed by atoms with van der Waals surface area (Å²) in [7, 11) is 0. The fraction of sp³-hybridized carbons (Fsp3) is 0.833. The van der Waals surface area contributed by atoms with E-state index in [0.29, 0.717) is 12.6 Å². The SMILES string of the molecule is CC(C#N)C(=O)NCC(C)N1CCCCC1. The van der Waals surface area contributed by atoms with E-state index in [1.165, 1.54) is 19.3 Å². The van der Waals surface area contributed by atoms with Gasteiger partial charge in [-0.05, 0) is 39.8 Å². The van der Waals surface area contributed by atoms with Crippen molar-refractivity contribution in [3.8, 4) is 6.07 Å². The number of carbonyl (C=O) groups excluding carboxylic acids is 1. The summed E-state index contributed by atoms with van der Waals surface area (Å²) in [4.78, 5) is 13.8. The molecule has 4 heteroatoms. The molecule has 0 bridgehead atoms. The molecule has 0 spiro atoms. The molecule has 1 heterocycles. The van der Waals surface area contributed by atoms with Gasteiger partial charge >= 0.3 is 0 Å². The predicted molar refractivity (Wildman–Crippen MR) is 62.7 cm³/mol. The van der Waals surface area contributed by atoms with Crippen LogP contribution in [0, 0.1) is 17.2 Å². The number of rotatable bonds is 4. The largest absolute Gasteiger partial charge is 0.353 e. The van der Waals surface area contributed by atoms with Crippen LogP contribution in [0.3, 0.4) is 0 Å². The fourth-order valence-electron chi connectivity index (χ4n) is 1.95. The van der Waals surface area contributed by atoms with E-state index in [2.05, 4.69) is 17.1 Å². The van der Waals surface area contributed by atoms with Gasteiger partial charge in [0.25, 0.3) is 0 Å². The fourth-order valence-corrected chi connectivity index (χ4v) is 1.95. The first-order chi connectivity index (χ1) is 7.65. The monoisotopic (exact) mass is 223 g/mol. The molecule has 0 aliphatic carbocycles.